The number of aliphatic hydroxyl groups is 2. The number of ether oxygens (including phenoxy) is 6. The molecule has 0 saturated carbocycles. The molecule has 9 aromatic rings. The molecule has 0 unspecified atom stereocenters. The number of aromatic nitrogens is 8. The molecule has 32 nitrogen and oxygen atoms in total. The molecule has 4 aromatic heterocycles. The zero-order valence-electron chi connectivity index (χ0n) is 55.0. The summed E-state index contributed by atoms with van der Waals surface area (Å²) in [6, 6.07) is 51.6. The standard InChI is InChI=1S/C16H19N3O4.C16H15N3O4.C12H12N2O5S.C11H10N2O3.C6H8N2.C6H6O4.ClH/c2*1-23-16(22)14-10-13(8-5-9-17-15(21)11-20)19(18-14)12-6-3-2-4-7-12;1-18-12(15)10-8-11(19-20(2,16)17)14(13-10)9-6-4-3-5-7-9;1-16-11(15)9-7-10(14)13(12-9)8-5-3-2-4-6-8;7-8-6-4-2-1-3-5-6;1-9-6(8)3-2-4-10-5-7;/h2-4,6-7,10,20H,5,8-9,11H2,1H3,(H,17,21);2-4,6-7,10,20H,9,11H2,1H3,(H,17,21);3-8H,1-2H3;2-7,12H,1H3;1-5,8H,7H2;5H,4H2,1H3;1H. The Balaban J connectivity index is 0.000000324. The first-order valence-corrected chi connectivity index (χ1v) is 30.9. The third-order valence-electron chi connectivity index (χ3n) is 12.1. The Labute approximate surface area is 584 Å². The Kier molecular flexibility index (Phi) is 36.8. The van der Waals surface area contributed by atoms with Crippen LogP contribution in [-0.4, -0.2) is 181 Å². The van der Waals surface area contributed by atoms with Gasteiger partial charge in [0.1, 0.15) is 24.6 Å². The van der Waals surface area contributed by atoms with E-state index >= 15 is 0 Å². The molecule has 0 spiro atoms. The van der Waals surface area contributed by atoms with E-state index in [9.17, 15) is 51.6 Å². The van der Waals surface area contributed by atoms with Gasteiger partial charge in [-0.05, 0) is 91.4 Å². The maximum atomic E-state index is 11.7. The smallest absolute Gasteiger partial charge is 0.384 e. The number of nitrogen functional groups attached to an aromatic ring is 1. The molecule has 8 N–H and O–H groups in total. The molecule has 101 heavy (non-hydrogen) atoms. The summed E-state index contributed by atoms with van der Waals surface area (Å²) in [6.07, 6.45) is 2.18. The third-order valence-corrected chi connectivity index (χ3v) is 12.6. The van der Waals surface area contributed by atoms with E-state index in [1.807, 2.05) is 97.1 Å². The first kappa shape index (κ1) is 82.6. The second-order valence-corrected chi connectivity index (χ2v) is 20.6. The molecule has 5 aromatic carbocycles. The van der Waals surface area contributed by atoms with Crippen molar-refractivity contribution in [3.63, 3.8) is 0 Å². The number of hydrogen-bond acceptors (Lipinski definition) is 25. The molecule has 0 fully saturated rings. The number of aryl methyl sites for hydroxylation is 1. The number of carbonyl (C=O) groups is 8. The minimum Gasteiger partial charge on any atom is -0.464 e. The van der Waals surface area contributed by atoms with Crippen LogP contribution < -0.4 is 31.6 Å². The minimum atomic E-state index is -3.74. The van der Waals surface area contributed by atoms with E-state index in [0.717, 1.165) is 29.0 Å². The van der Waals surface area contributed by atoms with Gasteiger partial charge >= 0.3 is 40.0 Å². The van der Waals surface area contributed by atoms with Crippen molar-refractivity contribution < 1.29 is 89.6 Å². The number of amides is 2. The molecule has 0 aliphatic heterocycles. The number of benzene rings is 5. The van der Waals surface area contributed by atoms with Gasteiger partial charge in [-0.3, -0.25) is 30.1 Å². The molecule has 0 aliphatic rings. The van der Waals surface area contributed by atoms with Crippen molar-refractivity contribution in [2.24, 2.45) is 5.84 Å². The lowest BCUT2D eigenvalue weighted by molar-refractivity contribution is -0.134. The maximum Gasteiger partial charge on any atom is 0.384 e. The summed E-state index contributed by atoms with van der Waals surface area (Å²) < 4.78 is 59.8. The van der Waals surface area contributed by atoms with Gasteiger partial charge in [-0.1, -0.05) is 96.9 Å². The van der Waals surface area contributed by atoms with Crippen LogP contribution in [0.3, 0.4) is 0 Å². The quantitative estimate of drug-likeness (QED) is 0.00660. The van der Waals surface area contributed by atoms with Gasteiger partial charge in [0, 0.05) is 42.0 Å². The van der Waals surface area contributed by atoms with Gasteiger partial charge < -0.3 is 58.9 Å². The van der Waals surface area contributed by atoms with Crippen LogP contribution in [-0.2, 0) is 64.1 Å². The summed E-state index contributed by atoms with van der Waals surface area (Å²) in [6.45, 7) is -0.422. The summed E-state index contributed by atoms with van der Waals surface area (Å²) in [7, 11) is 2.54. The average Bonchev–Trinajstić information content (AvgIpc) is 1.71. The molecule has 34 heteroatoms. The Hall–Kier alpha value is -12.7. The van der Waals surface area contributed by atoms with Crippen molar-refractivity contribution in [2.45, 2.75) is 12.8 Å². The highest BCUT2D eigenvalue weighted by molar-refractivity contribution is 7.86. The van der Waals surface area contributed by atoms with E-state index in [1.54, 1.807) is 65.3 Å². The molecular weight excluding hydrogens is 1360 g/mol. The summed E-state index contributed by atoms with van der Waals surface area (Å²) in [4.78, 5) is 99.3. The van der Waals surface area contributed by atoms with Crippen LogP contribution in [0.2, 0.25) is 0 Å². The summed E-state index contributed by atoms with van der Waals surface area (Å²) in [5.74, 6) is 11.1. The zero-order valence-corrected chi connectivity index (χ0v) is 56.7. The number of carbonyl (C=O) groups excluding carboxylic acids is 8. The lowest BCUT2D eigenvalue weighted by Gasteiger charge is -2.07. The molecule has 0 bridgehead atoms. The van der Waals surface area contributed by atoms with Gasteiger partial charge in [0.2, 0.25) is 17.7 Å². The highest BCUT2D eigenvalue weighted by Crippen LogP contribution is 2.22. The van der Waals surface area contributed by atoms with Crippen LogP contribution >= 0.6 is 12.4 Å². The van der Waals surface area contributed by atoms with Crippen LogP contribution in [0.15, 0.2) is 181 Å². The summed E-state index contributed by atoms with van der Waals surface area (Å²) in [5.41, 5.74) is 7.77. The summed E-state index contributed by atoms with van der Waals surface area (Å²) in [5, 5.41) is 37.4. The van der Waals surface area contributed by atoms with E-state index < -0.39 is 65.0 Å². The van der Waals surface area contributed by atoms with Gasteiger partial charge in [-0.25, -0.2) is 38.0 Å². The fourth-order valence-electron chi connectivity index (χ4n) is 7.61. The largest absolute Gasteiger partial charge is 0.464 e. The van der Waals surface area contributed by atoms with E-state index in [1.165, 1.54) is 67.8 Å². The summed E-state index contributed by atoms with van der Waals surface area (Å²) >= 11 is 0. The Morgan fingerprint density at radius 3 is 1.51 bits per heavy atom. The van der Waals surface area contributed by atoms with Gasteiger partial charge in [0.05, 0.1) is 71.1 Å². The number of halogens is 1. The van der Waals surface area contributed by atoms with Crippen molar-refractivity contribution in [3.8, 4) is 52.3 Å². The number of H-pyrrole nitrogens is 1. The fraction of sp³-hybridized carbons (Fsp3) is 0.194. The van der Waals surface area contributed by atoms with Crippen LogP contribution in [0.5, 0.6) is 5.88 Å². The maximum absolute atomic E-state index is 11.7. The van der Waals surface area contributed by atoms with Crippen molar-refractivity contribution in [3.05, 3.63) is 220 Å². The lowest BCUT2D eigenvalue weighted by Crippen LogP contribution is -2.27. The monoisotopic (exact) mass is 1430 g/mol. The van der Waals surface area contributed by atoms with Crippen molar-refractivity contribution in [1.82, 2.24) is 49.8 Å². The highest BCUT2D eigenvalue weighted by Gasteiger charge is 2.21. The number of nitrogens with two attached hydrogens (primary N) is 1. The first-order chi connectivity index (χ1) is 48.2. The van der Waals surface area contributed by atoms with Crippen molar-refractivity contribution in [1.29, 1.82) is 0 Å². The number of para-hydroxylation sites is 5. The number of nitrogens with one attached hydrogen (secondary N) is 4. The zero-order chi connectivity index (χ0) is 73.2. The van der Waals surface area contributed by atoms with E-state index in [0.29, 0.717) is 36.5 Å². The third kappa shape index (κ3) is 28.9. The van der Waals surface area contributed by atoms with Crippen LogP contribution in [0.4, 0.5) is 5.69 Å². The van der Waals surface area contributed by atoms with Gasteiger partial charge in [-0.15, -0.1) is 12.4 Å². The average molecular weight is 1430 g/mol. The number of methoxy groups -OCH3 is 5. The normalized spacial score (nSPS) is 9.71. The molecule has 0 saturated heterocycles. The van der Waals surface area contributed by atoms with Crippen LogP contribution in [0, 0.1) is 23.7 Å². The fourth-order valence-corrected chi connectivity index (χ4v) is 8.04. The lowest BCUT2D eigenvalue weighted by atomic mass is 10.2. The van der Waals surface area contributed by atoms with Gasteiger partial charge in [0.25, 0.3) is 12.0 Å². The predicted octanol–water partition coefficient (Wildman–Crippen LogP) is 3.50. The number of hydrazine groups is 1. The molecular formula is C67H71ClN12O20S. The number of esters is 5. The topological polar surface area (TPSA) is 429 Å². The molecule has 532 valence electrons. The van der Waals surface area contributed by atoms with Gasteiger partial charge in [0.15, 0.2) is 23.7 Å². The minimum absolute atomic E-state index is 0. The van der Waals surface area contributed by atoms with E-state index in [-0.39, 0.29) is 66.2 Å². The Bertz CT molecular complexity index is 4410. The van der Waals surface area contributed by atoms with Gasteiger partial charge in [-0.2, -0.15) is 28.4 Å². The second kappa shape index (κ2) is 45.0. The van der Waals surface area contributed by atoms with Crippen molar-refractivity contribution >= 4 is 76.3 Å². The number of hydrogen-bond donors (Lipinski definition) is 7. The number of aromatic amines is 1. The SMILES string of the molecule is COC(=O)C#CCOC=O.COC(=O)c1cc(=O)n(-c2ccccc2)[nH]1.COC(=O)c1cc(C#CCNC(=O)CO)n(-c2ccccc2)n1.COC(=O)c1cc(CCCNC(=O)CO)n(-c2ccccc2)n1.COC(=O)c1cc(OS(C)(=O)=O)n(-c2ccccc2)n1.Cl.NNc1ccccc1. The number of rotatable bonds is 20. The van der Waals surface area contributed by atoms with E-state index in [2.05, 4.69) is 83.8 Å². The Morgan fingerprint density at radius 2 is 1.04 bits per heavy atom. The molecule has 2 amide bonds. The second-order valence-electron chi connectivity index (χ2n) is 19.0. The molecule has 0 radical (unpaired) electrons. The number of nitrogens with zero attached hydrogens (tertiary/aromatic N) is 7. The predicted molar refractivity (Wildman–Crippen MR) is 367 cm³/mol. The molecule has 4 heterocycles. The molecule has 0 aliphatic carbocycles. The Morgan fingerprint density at radius 1 is 0.584 bits per heavy atom. The highest BCUT2D eigenvalue weighted by atomic mass is 35.5. The van der Waals surface area contributed by atoms with Crippen molar-refractivity contribution in [2.75, 3.05) is 80.1 Å². The number of anilines is 1. The molecule has 9 rings (SSSR count). The molecule has 0 atom stereocenters. The van der Waals surface area contributed by atoms with E-state index in [4.69, 9.17) is 25.0 Å². The number of aliphatic hydroxyl groups excluding tert-OH is 2. The first-order valence-electron chi connectivity index (χ1n) is 29.1. The van der Waals surface area contributed by atoms with Crippen LogP contribution in [0.25, 0.3) is 22.7 Å². The van der Waals surface area contributed by atoms with Crippen LogP contribution in [0.1, 0.15) is 59.8 Å².